The third-order valence-corrected chi connectivity index (χ3v) is 2.88. The van der Waals surface area contributed by atoms with Crippen molar-refractivity contribution in [2.24, 2.45) is 5.73 Å². The minimum atomic E-state index is -4.16. The Morgan fingerprint density at radius 3 is 2.31 bits per heavy atom. The van der Waals surface area contributed by atoms with E-state index in [1.54, 1.807) is 6.92 Å². The standard InChI is InChI=1S/C10H19F3N2O/c1-2-15(8-10(11,12)13)7-9(14)3-5-16-6-4-9/h2-8,14H2,1H3. The van der Waals surface area contributed by atoms with Gasteiger partial charge in [-0.1, -0.05) is 6.92 Å². The van der Waals surface area contributed by atoms with Gasteiger partial charge in [0.15, 0.2) is 0 Å². The summed E-state index contributed by atoms with van der Waals surface area (Å²) in [5.74, 6) is 0. The van der Waals surface area contributed by atoms with Crippen molar-refractivity contribution in [3.63, 3.8) is 0 Å². The smallest absolute Gasteiger partial charge is 0.381 e. The highest BCUT2D eigenvalue weighted by molar-refractivity contribution is 4.89. The molecule has 3 nitrogen and oxygen atoms in total. The Balaban J connectivity index is 2.48. The molecule has 0 atom stereocenters. The number of nitrogens with zero attached hydrogens (tertiary/aromatic N) is 1. The van der Waals surface area contributed by atoms with Gasteiger partial charge in [0.05, 0.1) is 6.54 Å². The zero-order valence-corrected chi connectivity index (χ0v) is 9.52. The van der Waals surface area contributed by atoms with Crippen LogP contribution in [0, 0.1) is 0 Å². The molecule has 0 aliphatic carbocycles. The molecular weight excluding hydrogens is 221 g/mol. The summed E-state index contributed by atoms with van der Waals surface area (Å²) >= 11 is 0. The molecule has 1 aliphatic rings. The van der Waals surface area contributed by atoms with Gasteiger partial charge in [0.25, 0.3) is 0 Å². The fourth-order valence-electron chi connectivity index (χ4n) is 1.91. The maximum Gasteiger partial charge on any atom is 0.401 e. The van der Waals surface area contributed by atoms with Crippen molar-refractivity contribution < 1.29 is 17.9 Å². The number of halogens is 3. The monoisotopic (exact) mass is 240 g/mol. The molecule has 1 saturated heterocycles. The highest BCUT2D eigenvalue weighted by atomic mass is 19.4. The Labute approximate surface area is 93.7 Å². The minimum Gasteiger partial charge on any atom is -0.381 e. The van der Waals surface area contributed by atoms with E-state index in [1.165, 1.54) is 4.90 Å². The van der Waals surface area contributed by atoms with Gasteiger partial charge in [-0.15, -0.1) is 0 Å². The van der Waals surface area contributed by atoms with E-state index in [2.05, 4.69) is 0 Å². The van der Waals surface area contributed by atoms with Crippen molar-refractivity contribution in [1.29, 1.82) is 0 Å². The van der Waals surface area contributed by atoms with Gasteiger partial charge in [-0.05, 0) is 19.4 Å². The quantitative estimate of drug-likeness (QED) is 0.806. The molecule has 0 aromatic rings. The van der Waals surface area contributed by atoms with E-state index in [9.17, 15) is 13.2 Å². The van der Waals surface area contributed by atoms with Gasteiger partial charge in [0, 0.05) is 25.3 Å². The summed E-state index contributed by atoms with van der Waals surface area (Å²) in [6, 6.07) is 0. The summed E-state index contributed by atoms with van der Waals surface area (Å²) in [6.45, 7) is 2.56. The van der Waals surface area contributed by atoms with E-state index in [1.807, 2.05) is 0 Å². The third-order valence-electron chi connectivity index (χ3n) is 2.88. The van der Waals surface area contributed by atoms with Gasteiger partial charge in [-0.2, -0.15) is 13.2 Å². The van der Waals surface area contributed by atoms with Crippen LogP contribution in [0.2, 0.25) is 0 Å². The Kier molecular flexibility index (Phi) is 4.58. The molecule has 0 amide bonds. The van der Waals surface area contributed by atoms with Crippen LogP contribution in [0.25, 0.3) is 0 Å². The second-order valence-corrected chi connectivity index (χ2v) is 4.39. The van der Waals surface area contributed by atoms with Gasteiger partial charge in [0.1, 0.15) is 0 Å². The highest BCUT2D eigenvalue weighted by Gasteiger charge is 2.35. The second kappa shape index (κ2) is 5.33. The Morgan fingerprint density at radius 2 is 1.88 bits per heavy atom. The predicted molar refractivity (Wildman–Crippen MR) is 55.1 cm³/mol. The van der Waals surface area contributed by atoms with Gasteiger partial charge >= 0.3 is 6.18 Å². The van der Waals surface area contributed by atoms with Crippen LogP contribution in [0.1, 0.15) is 19.8 Å². The molecule has 0 aromatic heterocycles. The van der Waals surface area contributed by atoms with Crippen molar-refractivity contribution in [3.8, 4) is 0 Å². The van der Waals surface area contributed by atoms with Crippen LogP contribution in [0.3, 0.4) is 0 Å². The van der Waals surface area contributed by atoms with Gasteiger partial charge in [0.2, 0.25) is 0 Å². The van der Waals surface area contributed by atoms with E-state index < -0.39 is 18.3 Å². The number of nitrogens with two attached hydrogens (primary N) is 1. The molecule has 2 N–H and O–H groups in total. The zero-order valence-electron chi connectivity index (χ0n) is 9.52. The Hall–Kier alpha value is -0.330. The molecule has 0 saturated carbocycles. The van der Waals surface area contributed by atoms with Crippen LogP contribution in [0.4, 0.5) is 13.2 Å². The van der Waals surface area contributed by atoms with Gasteiger partial charge in [-0.25, -0.2) is 0 Å². The van der Waals surface area contributed by atoms with Crippen molar-refractivity contribution in [2.45, 2.75) is 31.5 Å². The first-order valence-corrected chi connectivity index (χ1v) is 5.50. The lowest BCUT2D eigenvalue weighted by molar-refractivity contribution is -0.148. The number of hydrogen-bond donors (Lipinski definition) is 1. The molecule has 6 heteroatoms. The summed E-state index contributed by atoms with van der Waals surface area (Å²) in [6.07, 6.45) is -2.90. The lowest BCUT2D eigenvalue weighted by Crippen LogP contribution is -2.54. The number of likely N-dealkylation sites (N-methyl/N-ethyl adjacent to an activating group) is 1. The summed E-state index contributed by atoms with van der Waals surface area (Å²) in [4.78, 5) is 1.35. The van der Waals surface area contributed by atoms with Crippen LogP contribution in [0.5, 0.6) is 0 Å². The fraction of sp³-hybridized carbons (Fsp3) is 1.00. The predicted octanol–water partition coefficient (Wildman–Crippen LogP) is 1.38. The van der Waals surface area contributed by atoms with Crippen molar-refractivity contribution in [2.75, 3.05) is 32.8 Å². The van der Waals surface area contributed by atoms with Gasteiger partial charge < -0.3 is 10.5 Å². The van der Waals surface area contributed by atoms with Crippen LogP contribution < -0.4 is 5.73 Å². The van der Waals surface area contributed by atoms with E-state index in [0.717, 1.165) is 0 Å². The normalized spacial score (nSPS) is 21.4. The highest BCUT2D eigenvalue weighted by Crippen LogP contribution is 2.22. The summed E-state index contributed by atoms with van der Waals surface area (Å²) in [5, 5.41) is 0. The lowest BCUT2D eigenvalue weighted by atomic mass is 9.90. The molecule has 0 radical (unpaired) electrons. The molecule has 0 aromatic carbocycles. The number of alkyl halides is 3. The fourth-order valence-corrected chi connectivity index (χ4v) is 1.91. The zero-order chi connectivity index (χ0) is 12.2. The van der Waals surface area contributed by atoms with Crippen molar-refractivity contribution in [3.05, 3.63) is 0 Å². The molecule has 1 rings (SSSR count). The minimum absolute atomic E-state index is 0.284. The van der Waals surface area contributed by atoms with Gasteiger partial charge in [-0.3, -0.25) is 4.90 Å². The second-order valence-electron chi connectivity index (χ2n) is 4.39. The first-order chi connectivity index (χ1) is 7.35. The number of hydrogen-bond acceptors (Lipinski definition) is 3. The number of rotatable bonds is 4. The van der Waals surface area contributed by atoms with E-state index >= 15 is 0 Å². The summed E-state index contributed by atoms with van der Waals surface area (Å²) in [7, 11) is 0. The molecule has 1 aliphatic heterocycles. The average Bonchev–Trinajstić information content (AvgIpc) is 2.15. The average molecular weight is 240 g/mol. The summed E-state index contributed by atoms with van der Waals surface area (Å²) < 4.78 is 42.0. The van der Waals surface area contributed by atoms with Crippen molar-refractivity contribution in [1.82, 2.24) is 4.90 Å². The van der Waals surface area contributed by atoms with E-state index in [-0.39, 0.29) is 6.54 Å². The molecular formula is C10H19F3N2O. The molecule has 96 valence electrons. The topological polar surface area (TPSA) is 38.5 Å². The van der Waals surface area contributed by atoms with Crippen LogP contribution in [-0.4, -0.2) is 49.5 Å². The van der Waals surface area contributed by atoms with Crippen molar-refractivity contribution >= 4 is 0 Å². The molecule has 1 heterocycles. The SMILES string of the molecule is CCN(CC(F)(F)F)CC1(N)CCOCC1. The Bertz CT molecular complexity index is 215. The molecule has 16 heavy (non-hydrogen) atoms. The summed E-state index contributed by atoms with van der Waals surface area (Å²) in [5.41, 5.74) is 5.54. The van der Waals surface area contributed by atoms with Crippen LogP contribution >= 0.6 is 0 Å². The third kappa shape index (κ3) is 4.67. The first-order valence-electron chi connectivity index (χ1n) is 5.50. The molecule has 1 fully saturated rings. The molecule has 0 spiro atoms. The maximum atomic E-state index is 12.3. The maximum absolute atomic E-state index is 12.3. The van der Waals surface area contributed by atoms with Crippen LogP contribution in [-0.2, 0) is 4.74 Å². The van der Waals surface area contributed by atoms with Crippen LogP contribution in [0.15, 0.2) is 0 Å². The first kappa shape index (κ1) is 13.7. The van der Waals surface area contributed by atoms with E-state index in [4.69, 9.17) is 10.5 Å². The Morgan fingerprint density at radius 1 is 1.31 bits per heavy atom. The molecule has 0 unspecified atom stereocenters. The molecule has 0 bridgehead atoms. The largest absolute Gasteiger partial charge is 0.401 e. The lowest BCUT2D eigenvalue weighted by Gasteiger charge is -2.37. The van der Waals surface area contributed by atoms with E-state index in [0.29, 0.717) is 32.6 Å². The number of ether oxygens (including phenoxy) is 1.